The Labute approximate surface area is 295 Å². The summed E-state index contributed by atoms with van der Waals surface area (Å²) >= 11 is 6.59. The number of rotatable bonds is 13. The van der Waals surface area contributed by atoms with Gasteiger partial charge in [0.2, 0.25) is 5.91 Å². The summed E-state index contributed by atoms with van der Waals surface area (Å²) < 4.78 is 23.5. The van der Waals surface area contributed by atoms with Gasteiger partial charge >= 0.3 is 12.1 Å². The Morgan fingerprint density at radius 2 is 1.82 bits per heavy atom. The largest absolute Gasteiger partial charge is 0.497 e. The molecule has 270 valence electrons. The van der Waals surface area contributed by atoms with Gasteiger partial charge in [0.25, 0.3) is 5.88 Å². The lowest BCUT2D eigenvalue weighted by atomic mass is 9.85. The molecule has 12 heteroatoms. The average Bonchev–Trinajstić information content (AvgIpc) is 3.63. The zero-order valence-electron chi connectivity index (χ0n) is 30.4. The lowest BCUT2D eigenvalue weighted by Gasteiger charge is -2.36. The van der Waals surface area contributed by atoms with Gasteiger partial charge in [-0.25, -0.2) is 19.6 Å². The zero-order chi connectivity index (χ0) is 36.3. The van der Waals surface area contributed by atoms with Crippen molar-refractivity contribution in [2.24, 2.45) is 23.2 Å². The minimum Gasteiger partial charge on any atom is -0.497 e. The van der Waals surface area contributed by atoms with E-state index in [1.165, 1.54) is 4.90 Å². The molecule has 0 radical (unpaired) electrons. The fraction of sp³-hybridized carbons (Fsp3) is 0.649. The van der Waals surface area contributed by atoms with Crippen LogP contribution < -0.4 is 14.8 Å². The number of fused-ring (bicyclic) bond motifs is 1. The molecule has 2 amide bonds. The highest BCUT2D eigenvalue weighted by Gasteiger charge is 2.53. The number of allylic oxidation sites excluding steroid dienone is 1. The van der Waals surface area contributed by atoms with Crippen LogP contribution in [0.15, 0.2) is 30.9 Å². The van der Waals surface area contributed by atoms with Crippen LogP contribution in [0.1, 0.15) is 87.5 Å². The predicted octanol–water partition coefficient (Wildman–Crippen LogP) is 7.14. The molecule has 1 aromatic heterocycles. The summed E-state index contributed by atoms with van der Waals surface area (Å²) in [4.78, 5) is 52.4. The summed E-state index contributed by atoms with van der Waals surface area (Å²) in [6.07, 6.45) is 4.57. The van der Waals surface area contributed by atoms with Crippen molar-refractivity contribution in [3.8, 4) is 11.6 Å². The maximum atomic E-state index is 14.6. The molecule has 1 aromatic carbocycles. The summed E-state index contributed by atoms with van der Waals surface area (Å²) in [6, 6.07) is 3.25. The molecule has 1 aliphatic heterocycles. The van der Waals surface area contributed by atoms with E-state index in [9.17, 15) is 14.4 Å². The number of halogens is 1. The van der Waals surface area contributed by atoms with Crippen LogP contribution >= 0.6 is 11.6 Å². The van der Waals surface area contributed by atoms with Crippen molar-refractivity contribution >= 4 is 40.6 Å². The summed E-state index contributed by atoms with van der Waals surface area (Å²) in [5.74, 6) is -0.326. The van der Waals surface area contributed by atoms with Gasteiger partial charge in [-0.2, -0.15) is 0 Å². The van der Waals surface area contributed by atoms with Crippen molar-refractivity contribution in [2.45, 2.75) is 117 Å². The minimum atomic E-state index is -1.00. The van der Waals surface area contributed by atoms with Crippen LogP contribution in [-0.2, 0) is 19.1 Å². The molecule has 1 saturated heterocycles. The van der Waals surface area contributed by atoms with Crippen molar-refractivity contribution in [1.82, 2.24) is 20.2 Å². The quantitative estimate of drug-likeness (QED) is 0.132. The Balaban J connectivity index is 1.65. The van der Waals surface area contributed by atoms with Gasteiger partial charge in [0.15, 0.2) is 5.15 Å². The molecule has 1 aliphatic carbocycles. The SMILES string of the molecule is C=CCCCC1C[C@H]1OC(=O)N[C@H](C(=O)N1C[C@H](Oc2nc3cc(OC)ccc3nc2Cl)[C@@H](CC(C)C)[C@H]1C(=O)OC(C)(C)C)C(C)(C)C. The van der Waals surface area contributed by atoms with Gasteiger partial charge in [0.1, 0.15) is 35.6 Å². The van der Waals surface area contributed by atoms with Crippen LogP contribution in [0, 0.1) is 23.2 Å². The molecule has 49 heavy (non-hydrogen) atoms. The number of likely N-dealkylation sites (tertiary alicyclic amines) is 1. The Hall–Kier alpha value is -3.60. The normalized spacial score (nSPS) is 22.8. The summed E-state index contributed by atoms with van der Waals surface area (Å²) in [5, 5.41) is 2.90. The van der Waals surface area contributed by atoms with E-state index in [1.807, 2.05) is 40.7 Å². The first-order chi connectivity index (χ1) is 22.9. The van der Waals surface area contributed by atoms with Gasteiger partial charge in [0.05, 0.1) is 24.7 Å². The molecular weight excluding hydrogens is 648 g/mol. The van der Waals surface area contributed by atoms with Crippen LogP contribution in [0.2, 0.25) is 5.15 Å². The Kier molecular flexibility index (Phi) is 12.1. The second kappa shape index (κ2) is 15.5. The maximum absolute atomic E-state index is 14.6. The van der Waals surface area contributed by atoms with Crippen molar-refractivity contribution in [3.05, 3.63) is 36.0 Å². The van der Waals surface area contributed by atoms with Crippen LogP contribution in [0.5, 0.6) is 11.6 Å². The van der Waals surface area contributed by atoms with Gasteiger partial charge in [-0.15, -0.1) is 6.58 Å². The van der Waals surface area contributed by atoms with Crippen molar-refractivity contribution < 1.29 is 33.3 Å². The molecule has 1 N–H and O–H groups in total. The minimum absolute atomic E-state index is 0.0333. The smallest absolute Gasteiger partial charge is 0.408 e. The molecule has 2 aliphatic rings. The molecule has 0 spiro atoms. The maximum Gasteiger partial charge on any atom is 0.408 e. The molecule has 2 aromatic rings. The summed E-state index contributed by atoms with van der Waals surface area (Å²) in [6.45, 7) is 18.8. The zero-order valence-corrected chi connectivity index (χ0v) is 31.1. The predicted molar refractivity (Wildman–Crippen MR) is 189 cm³/mol. The Morgan fingerprint density at radius 3 is 2.43 bits per heavy atom. The second-order valence-electron chi connectivity index (χ2n) is 15.7. The van der Waals surface area contributed by atoms with Crippen LogP contribution in [-0.4, -0.2) is 76.4 Å². The van der Waals surface area contributed by atoms with Crippen molar-refractivity contribution in [3.63, 3.8) is 0 Å². The lowest BCUT2D eigenvalue weighted by molar-refractivity contribution is -0.165. The van der Waals surface area contributed by atoms with Gasteiger partial charge in [0, 0.05) is 12.0 Å². The third-order valence-electron chi connectivity index (χ3n) is 8.81. The number of hydrogen-bond acceptors (Lipinski definition) is 9. The highest BCUT2D eigenvalue weighted by molar-refractivity contribution is 6.31. The molecule has 1 saturated carbocycles. The highest BCUT2D eigenvalue weighted by atomic mass is 35.5. The number of nitrogens with one attached hydrogen (secondary N) is 1. The summed E-state index contributed by atoms with van der Waals surface area (Å²) in [7, 11) is 1.56. The number of unbranched alkanes of at least 4 members (excludes halogenated alkanes) is 1. The number of methoxy groups -OCH3 is 1. The first-order valence-corrected chi connectivity index (χ1v) is 17.6. The molecule has 2 heterocycles. The topological polar surface area (TPSA) is 129 Å². The van der Waals surface area contributed by atoms with E-state index in [4.69, 9.17) is 30.5 Å². The number of amides is 2. The van der Waals surface area contributed by atoms with E-state index in [0.717, 1.165) is 25.7 Å². The van der Waals surface area contributed by atoms with Crippen molar-refractivity contribution in [2.75, 3.05) is 13.7 Å². The summed E-state index contributed by atoms with van der Waals surface area (Å²) in [5.41, 5.74) is -0.452. The van der Waals surface area contributed by atoms with Crippen LogP contribution in [0.25, 0.3) is 11.0 Å². The first-order valence-electron chi connectivity index (χ1n) is 17.2. The number of carbonyl (C=O) groups excluding carboxylic acids is 3. The molecular formula is C37H53ClN4O7. The third kappa shape index (κ3) is 9.99. The van der Waals surface area contributed by atoms with Crippen LogP contribution in [0.4, 0.5) is 4.79 Å². The van der Waals surface area contributed by atoms with Gasteiger partial charge in [-0.3, -0.25) is 4.79 Å². The lowest BCUT2D eigenvalue weighted by Crippen LogP contribution is -2.58. The van der Waals surface area contributed by atoms with E-state index < -0.39 is 53.1 Å². The fourth-order valence-electron chi connectivity index (χ4n) is 6.36. The number of esters is 1. The monoisotopic (exact) mass is 700 g/mol. The van der Waals surface area contributed by atoms with Gasteiger partial charge in [-0.05, 0) is 82.3 Å². The number of aromatic nitrogens is 2. The van der Waals surface area contributed by atoms with Crippen molar-refractivity contribution in [1.29, 1.82) is 0 Å². The molecule has 4 rings (SSSR count). The molecule has 0 bridgehead atoms. The number of nitrogens with zero attached hydrogens (tertiary/aromatic N) is 3. The number of benzene rings is 1. The molecule has 11 nitrogen and oxygen atoms in total. The van der Waals surface area contributed by atoms with Gasteiger partial charge < -0.3 is 29.2 Å². The first kappa shape index (κ1) is 38.2. The Bertz CT molecular complexity index is 1520. The van der Waals surface area contributed by atoms with Gasteiger partial charge in [-0.1, -0.05) is 52.3 Å². The number of carbonyl (C=O) groups is 3. The van der Waals surface area contributed by atoms with E-state index >= 15 is 0 Å². The number of hydrogen-bond donors (Lipinski definition) is 1. The highest BCUT2D eigenvalue weighted by Crippen LogP contribution is 2.40. The van der Waals surface area contributed by atoms with E-state index in [-0.39, 0.29) is 29.6 Å². The van der Waals surface area contributed by atoms with Crippen LogP contribution in [0.3, 0.4) is 0 Å². The fourth-order valence-corrected chi connectivity index (χ4v) is 6.53. The third-order valence-corrected chi connectivity index (χ3v) is 9.05. The van der Waals surface area contributed by atoms with E-state index in [2.05, 4.69) is 21.9 Å². The molecule has 6 atom stereocenters. The number of ether oxygens (including phenoxy) is 4. The number of alkyl carbamates (subject to hydrolysis) is 1. The second-order valence-corrected chi connectivity index (χ2v) is 16.1. The standard InChI is InChI=1S/C37H53ClN4O7/c1-11-12-13-14-22-18-27(22)48-35(45)41-30(36(4,5)6)33(43)42-20-28(24(17-21(2)3)29(42)34(44)49-37(7,8)9)47-32-31(38)39-25-16-15-23(46-10)19-26(25)40-32/h11,15-16,19,21-22,24,27-30H,1,12-14,17-18,20H2,2-10H3,(H,41,45)/t22?,24-,27-,28+,29+,30-/m1/s1. The average molecular weight is 701 g/mol. The molecule has 2 fully saturated rings. The molecule has 1 unspecified atom stereocenters. The van der Waals surface area contributed by atoms with E-state index in [0.29, 0.717) is 29.1 Å². The Morgan fingerprint density at radius 1 is 1.10 bits per heavy atom. The van der Waals surface area contributed by atoms with E-state index in [1.54, 1.807) is 46.1 Å².